The molecule has 1 saturated carbocycles. The molecule has 0 amide bonds. The Morgan fingerprint density at radius 1 is 1.25 bits per heavy atom. The van der Waals surface area contributed by atoms with Gasteiger partial charge in [0.05, 0.1) is 37.1 Å². The van der Waals surface area contributed by atoms with Crippen molar-refractivity contribution in [1.82, 2.24) is 9.88 Å². The molecule has 172 valence electrons. The molecule has 0 bridgehead atoms. The van der Waals surface area contributed by atoms with Crippen molar-refractivity contribution in [1.29, 1.82) is 0 Å². The van der Waals surface area contributed by atoms with Crippen LogP contribution in [0.5, 0.6) is 0 Å². The summed E-state index contributed by atoms with van der Waals surface area (Å²) >= 11 is 0. The molecule has 0 unspecified atom stereocenters. The lowest BCUT2D eigenvalue weighted by Crippen LogP contribution is -2.54. The summed E-state index contributed by atoms with van der Waals surface area (Å²) in [5, 5.41) is 3.51. The minimum Gasteiger partial charge on any atom is -0.462 e. The van der Waals surface area contributed by atoms with E-state index in [4.69, 9.17) is 14.2 Å². The summed E-state index contributed by atoms with van der Waals surface area (Å²) in [4.78, 5) is 27.3. The maximum atomic E-state index is 15.3. The first-order valence-corrected chi connectivity index (χ1v) is 11.3. The number of aromatic nitrogens is 1. The molecule has 2 aromatic rings. The van der Waals surface area contributed by atoms with Crippen molar-refractivity contribution in [3.05, 3.63) is 39.9 Å². The second-order valence-electron chi connectivity index (χ2n) is 8.52. The van der Waals surface area contributed by atoms with Gasteiger partial charge in [0.1, 0.15) is 17.5 Å². The monoisotopic (exact) mass is 445 g/mol. The van der Waals surface area contributed by atoms with Crippen LogP contribution in [0, 0.1) is 5.82 Å². The fourth-order valence-corrected chi connectivity index (χ4v) is 4.55. The quantitative estimate of drug-likeness (QED) is 0.704. The van der Waals surface area contributed by atoms with E-state index >= 15 is 4.39 Å². The van der Waals surface area contributed by atoms with Crippen molar-refractivity contribution in [3.63, 3.8) is 0 Å². The molecular formula is C23H28FN3O5. The zero-order valence-corrected chi connectivity index (χ0v) is 18.1. The van der Waals surface area contributed by atoms with Crippen LogP contribution in [0.4, 0.5) is 10.1 Å². The van der Waals surface area contributed by atoms with E-state index in [1.807, 2.05) is 9.47 Å². The Morgan fingerprint density at radius 2 is 2.06 bits per heavy atom. The molecule has 8 nitrogen and oxygen atoms in total. The van der Waals surface area contributed by atoms with E-state index in [0.717, 1.165) is 19.4 Å². The van der Waals surface area contributed by atoms with E-state index in [9.17, 15) is 9.59 Å². The van der Waals surface area contributed by atoms with Crippen molar-refractivity contribution in [2.75, 3.05) is 50.9 Å². The van der Waals surface area contributed by atoms with Gasteiger partial charge >= 0.3 is 5.97 Å². The molecule has 1 aliphatic carbocycles. The summed E-state index contributed by atoms with van der Waals surface area (Å²) in [6.45, 7) is 5.54. The molecule has 2 atom stereocenters. The smallest absolute Gasteiger partial charge is 0.343 e. The van der Waals surface area contributed by atoms with Gasteiger partial charge in [-0.1, -0.05) is 0 Å². The first-order chi connectivity index (χ1) is 15.6. The zero-order chi connectivity index (χ0) is 22.2. The number of hydrogen-bond donors (Lipinski definition) is 1. The van der Waals surface area contributed by atoms with Crippen LogP contribution in [0.25, 0.3) is 10.9 Å². The average molecular weight is 445 g/mol. The van der Waals surface area contributed by atoms with Crippen LogP contribution in [-0.4, -0.2) is 68.7 Å². The molecule has 1 N–H and O–H groups in total. The number of pyridine rings is 1. The summed E-state index contributed by atoms with van der Waals surface area (Å²) in [7, 11) is 0. The van der Waals surface area contributed by atoms with E-state index in [2.05, 4.69) is 5.32 Å². The number of carbonyl (C=O) groups is 1. The summed E-state index contributed by atoms with van der Waals surface area (Å²) in [6, 6.07) is 3.20. The molecule has 5 rings (SSSR count). The van der Waals surface area contributed by atoms with Gasteiger partial charge in [-0.05, 0) is 31.9 Å². The van der Waals surface area contributed by atoms with E-state index in [-0.39, 0.29) is 35.8 Å². The Balaban J connectivity index is 1.52. The Morgan fingerprint density at radius 3 is 2.78 bits per heavy atom. The van der Waals surface area contributed by atoms with Crippen LogP contribution in [0.3, 0.4) is 0 Å². The van der Waals surface area contributed by atoms with E-state index in [1.54, 1.807) is 19.2 Å². The van der Waals surface area contributed by atoms with Crippen LogP contribution in [0.15, 0.2) is 23.1 Å². The number of esters is 1. The number of benzene rings is 1. The lowest BCUT2D eigenvalue weighted by atomic mass is 10.1. The van der Waals surface area contributed by atoms with Gasteiger partial charge < -0.3 is 29.0 Å². The number of hydrogen-bond acceptors (Lipinski definition) is 7. The van der Waals surface area contributed by atoms with Crippen LogP contribution in [0.2, 0.25) is 0 Å². The fourth-order valence-electron chi connectivity index (χ4n) is 4.55. The minimum absolute atomic E-state index is 0.0493. The van der Waals surface area contributed by atoms with Crippen molar-refractivity contribution >= 4 is 22.6 Å². The van der Waals surface area contributed by atoms with E-state index in [0.29, 0.717) is 44.1 Å². The van der Waals surface area contributed by atoms with Gasteiger partial charge in [-0.25, -0.2) is 9.18 Å². The largest absolute Gasteiger partial charge is 0.462 e. The van der Waals surface area contributed by atoms with Gasteiger partial charge in [0, 0.05) is 43.8 Å². The number of morpholine rings is 2. The molecule has 0 radical (unpaired) electrons. The molecule has 3 aliphatic rings. The SMILES string of the molecule is CCOC(=O)c1cn(C2CC2)c2cc(N3CCO[C@H]([C@@H]4CNCCO4)C3)c(F)cc2c1=O. The van der Waals surface area contributed by atoms with Gasteiger partial charge in [-0.15, -0.1) is 0 Å². The summed E-state index contributed by atoms with van der Waals surface area (Å²) in [6.07, 6.45) is 3.25. The lowest BCUT2D eigenvalue weighted by molar-refractivity contribution is -0.0881. The number of nitrogens with one attached hydrogen (secondary N) is 1. The third kappa shape index (κ3) is 4.00. The molecule has 9 heteroatoms. The first-order valence-electron chi connectivity index (χ1n) is 11.3. The Hall–Kier alpha value is -2.49. The topological polar surface area (TPSA) is 82.0 Å². The molecule has 1 aromatic heterocycles. The summed E-state index contributed by atoms with van der Waals surface area (Å²) in [5.41, 5.74) is 0.530. The Kier molecular flexibility index (Phi) is 5.88. The van der Waals surface area contributed by atoms with Crippen LogP contribution < -0.4 is 15.6 Å². The molecule has 3 heterocycles. The third-order valence-corrected chi connectivity index (χ3v) is 6.34. The highest BCUT2D eigenvalue weighted by Gasteiger charge is 2.32. The zero-order valence-electron chi connectivity index (χ0n) is 18.1. The molecule has 0 spiro atoms. The standard InChI is InChI=1S/C23H28FN3O5/c1-2-30-23(29)16-12-27(14-3-4-14)18-10-19(17(24)9-15(18)22(16)28)26-6-8-32-21(13-26)20-11-25-5-7-31-20/h9-10,12,14,20-21,25H,2-8,11,13H2,1H3/t20-,21-/m0/s1. The van der Waals surface area contributed by atoms with Gasteiger partial charge in [0.2, 0.25) is 5.43 Å². The van der Waals surface area contributed by atoms with Crippen molar-refractivity contribution < 1.29 is 23.4 Å². The first kappa shape index (κ1) is 21.4. The number of rotatable bonds is 5. The van der Waals surface area contributed by atoms with Crippen molar-refractivity contribution in [2.45, 2.75) is 38.0 Å². The maximum absolute atomic E-state index is 15.3. The van der Waals surface area contributed by atoms with E-state index < -0.39 is 17.2 Å². The Bertz CT molecular complexity index is 1080. The molecule has 2 saturated heterocycles. The Labute approximate surface area is 185 Å². The van der Waals surface area contributed by atoms with Gasteiger partial charge in [0.25, 0.3) is 0 Å². The highest BCUT2D eigenvalue weighted by atomic mass is 19.1. The second-order valence-corrected chi connectivity index (χ2v) is 8.52. The number of ether oxygens (including phenoxy) is 3. The van der Waals surface area contributed by atoms with Gasteiger partial charge in [-0.2, -0.15) is 0 Å². The molecule has 2 aliphatic heterocycles. The number of nitrogens with zero attached hydrogens (tertiary/aromatic N) is 2. The van der Waals surface area contributed by atoms with Gasteiger partial charge in [-0.3, -0.25) is 4.79 Å². The average Bonchev–Trinajstić information content (AvgIpc) is 3.65. The fraction of sp³-hybridized carbons (Fsp3) is 0.565. The minimum atomic E-state index is -0.671. The highest BCUT2D eigenvalue weighted by molar-refractivity contribution is 5.94. The molecular weight excluding hydrogens is 417 g/mol. The number of anilines is 1. The lowest BCUT2D eigenvalue weighted by Gasteiger charge is -2.39. The third-order valence-electron chi connectivity index (χ3n) is 6.34. The number of carbonyl (C=O) groups excluding carboxylic acids is 1. The summed E-state index contributed by atoms with van der Waals surface area (Å²) in [5.74, 6) is -1.16. The summed E-state index contributed by atoms with van der Waals surface area (Å²) < 4.78 is 34.0. The normalized spacial score (nSPS) is 24.0. The van der Waals surface area contributed by atoms with Crippen molar-refractivity contribution in [3.8, 4) is 0 Å². The highest BCUT2D eigenvalue weighted by Crippen LogP contribution is 2.38. The van der Waals surface area contributed by atoms with Crippen molar-refractivity contribution in [2.24, 2.45) is 0 Å². The molecule has 3 fully saturated rings. The predicted molar refractivity (Wildman–Crippen MR) is 117 cm³/mol. The predicted octanol–water partition coefficient (Wildman–Crippen LogP) is 1.85. The van der Waals surface area contributed by atoms with Gasteiger partial charge in [0.15, 0.2) is 0 Å². The molecule has 32 heavy (non-hydrogen) atoms. The number of halogens is 1. The number of fused-ring (bicyclic) bond motifs is 1. The van der Waals surface area contributed by atoms with Crippen LogP contribution >= 0.6 is 0 Å². The second kappa shape index (κ2) is 8.80. The van der Waals surface area contributed by atoms with E-state index in [1.165, 1.54) is 6.07 Å². The molecule has 1 aromatic carbocycles. The maximum Gasteiger partial charge on any atom is 0.343 e. The van der Waals surface area contributed by atoms with Crippen LogP contribution in [-0.2, 0) is 14.2 Å². The van der Waals surface area contributed by atoms with Crippen LogP contribution in [0.1, 0.15) is 36.2 Å².